The maximum atomic E-state index is 3.17. The van der Waals surface area contributed by atoms with Crippen molar-refractivity contribution in [3.63, 3.8) is 0 Å². The summed E-state index contributed by atoms with van der Waals surface area (Å²) in [6.45, 7) is 0. The Bertz CT molecular complexity index is 357. The van der Waals surface area contributed by atoms with Gasteiger partial charge in [-0.1, -0.05) is 36.1 Å². The van der Waals surface area contributed by atoms with Gasteiger partial charge in [0.05, 0.1) is 5.92 Å². The van der Waals surface area contributed by atoms with Crippen LogP contribution in [0.3, 0.4) is 0 Å². The first-order chi connectivity index (χ1) is 5.97. The second-order valence-corrected chi connectivity index (χ2v) is 3.51. The van der Waals surface area contributed by atoms with Crippen LogP contribution in [0, 0.1) is 11.8 Å². The van der Waals surface area contributed by atoms with Gasteiger partial charge in [0, 0.05) is 4.88 Å². The fourth-order valence-electron chi connectivity index (χ4n) is 1.10. The van der Waals surface area contributed by atoms with Crippen LogP contribution in [0.15, 0.2) is 41.8 Å². The largest absolute Gasteiger partial charge is 0.147 e. The van der Waals surface area contributed by atoms with E-state index in [1.54, 1.807) is 11.3 Å². The van der Waals surface area contributed by atoms with Gasteiger partial charge in [0.25, 0.3) is 0 Å². The van der Waals surface area contributed by atoms with Gasteiger partial charge >= 0.3 is 0 Å². The fraction of sp³-hybridized carbons (Fsp3) is 0.0909. The number of thiophene rings is 1. The molecule has 1 aromatic heterocycles. The minimum Gasteiger partial charge on any atom is -0.147 e. The highest BCUT2D eigenvalue weighted by molar-refractivity contribution is 7.10. The van der Waals surface area contributed by atoms with E-state index in [9.17, 15) is 0 Å². The van der Waals surface area contributed by atoms with Crippen molar-refractivity contribution >= 4 is 11.3 Å². The molecule has 1 aromatic rings. The van der Waals surface area contributed by atoms with Gasteiger partial charge < -0.3 is 0 Å². The Morgan fingerprint density at radius 2 is 2.33 bits per heavy atom. The summed E-state index contributed by atoms with van der Waals surface area (Å²) < 4.78 is 0. The Hall–Kier alpha value is -1.26. The highest BCUT2D eigenvalue weighted by Crippen LogP contribution is 2.22. The molecule has 2 rings (SSSR count). The summed E-state index contributed by atoms with van der Waals surface area (Å²) >= 11 is 1.76. The lowest BCUT2D eigenvalue weighted by molar-refractivity contribution is 1.18. The van der Waals surface area contributed by atoms with E-state index in [1.165, 1.54) is 4.88 Å². The van der Waals surface area contributed by atoms with Gasteiger partial charge in [0.1, 0.15) is 0 Å². The van der Waals surface area contributed by atoms with E-state index in [0.29, 0.717) is 5.92 Å². The van der Waals surface area contributed by atoms with Gasteiger partial charge in [-0.15, -0.1) is 11.3 Å². The maximum absolute atomic E-state index is 3.17. The number of allylic oxidation sites excluding steroid dienone is 4. The summed E-state index contributed by atoms with van der Waals surface area (Å²) in [5.74, 6) is 6.46. The molecule has 0 fully saturated rings. The third kappa shape index (κ3) is 1.49. The van der Waals surface area contributed by atoms with Gasteiger partial charge in [-0.05, 0) is 17.5 Å². The van der Waals surface area contributed by atoms with E-state index < -0.39 is 0 Å². The van der Waals surface area contributed by atoms with E-state index in [1.807, 2.05) is 18.2 Å². The zero-order chi connectivity index (χ0) is 8.23. The number of rotatable bonds is 1. The summed E-state index contributed by atoms with van der Waals surface area (Å²) in [6, 6.07) is 4.19. The van der Waals surface area contributed by atoms with Crippen LogP contribution in [0.25, 0.3) is 0 Å². The highest BCUT2D eigenvalue weighted by atomic mass is 32.1. The van der Waals surface area contributed by atoms with Crippen LogP contribution >= 0.6 is 11.3 Å². The molecule has 0 aromatic carbocycles. The van der Waals surface area contributed by atoms with Crippen LogP contribution < -0.4 is 0 Å². The molecule has 1 aliphatic carbocycles. The molecule has 1 heteroatoms. The molecule has 0 bridgehead atoms. The normalized spacial score (nSPS) is 19.8. The molecular weight excluding hydrogens is 164 g/mol. The van der Waals surface area contributed by atoms with E-state index >= 15 is 0 Å². The molecule has 0 N–H and O–H groups in total. The average Bonchev–Trinajstić information content (AvgIpc) is 2.48. The number of hydrogen-bond acceptors (Lipinski definition) is 1. The predicted octanol–water partition coefficient (Wildman–Crippen LogP) is 2.96. The molecule has 1 heterocycles. The van der Waals surface area contributed by atoms with E-state index in [0.717, 1.165) is 0 Å². The fourth-order valence-corrected chi connectivity index (χ4v) is 1.85. The second kappa shape index (κ2) is 3.42. The molecule has 58 valence electrons. The first-order valence-electron chi connectivity index (χ1n) is 3.84. The summed E-state index contributed by atoms with van der Waals surface area (Å²) in [7, 11) is 0. The van der Waals surface area contributed by atoms with Crippen LogP contribution in [-0.2, 0) is 0 Å². The molecule has 1 atom stereocenters. The predicted molar refractivity (Wildman–Crippen MR) is 53.1 cm³/mol. The first kappa shape index (κ1) is 7.39. The highest BCUT2D eigenvalue weighted by Gasteiger charge is 2.04. The summed E-state index contributed by atoms with van der Waals surface area (Å²) in [5.41, 5.74) is 0. The molecule has 0 aliphatic heterocycles. The minimum absolute atomic E-state index is 0.292. The van der Waals surface area contributed by atoms with Gasteiger partial charge in [0.2, 0.25) is 0 Å². The Labute approximate surface area is 76.2 Å². The lowest BCUT2D eigenvalue weighted by Crippen LogP contribution is -1.85. The SMILES string of the molecule is C1#CC(c2cccs2)C=CC=C1. The van der Waals surface area contributed by atoms with Crippen LogP contribution in [0.2, 0.25) is 0 Å². The standard InChI is InChI=1S/C11H8S/c1-2-4-7-10(6-3-1)11-8-5-9-12-11/h1-3,5-6,8-10H. The number of hydrogen-bond donors (Lipinski definition) is 0. The third-order valence-corrected chi connectivity index (χ3v) is 2.64. The van der Waals surface area contributed by atoms with Crippen molar-refractivity contribution in [2.75, 3.05) is 0 Å². The third-order valence-electron chi connectivity index (χ3n) is 1.68. The zero-order valence-corrected chi connectivity index (χ0v) is 7.34. The topological polar surface area (TPSA) is 0 Å². The Balaban J connectivity index is 2.29. The Morgan fingerprint density at radius 3 is 3.17 bits per heavy atom. The molecule has 12 heavy (non-hydrogen) atoms. The average molecular weight is 172 g/mol. The molecular formula is C11H8S. The van der Waals surface area contributed by atoms with Crippen molar-refractivity contribution in [3.05, 3.63) is 46.7 Å². The maximum Gasteiger partial charge on any atom is 0.0732 e. The van der Waals surface area contributed by atoms with Crippen molar-refractivity contribution < 1.29 is 0 Å². The quantitative estimate of drug-likeness (QED) is 0.571. The Morgan fingerprint density at radius 1 is 1.33 bits per heavy atom. The van der Waals surface area contributed by atoms with Crippen LogP contribution in [-0.4, -0.2) is 0 Å². The first-order valence-corrected chi connectivity index (χ1v) is 4.72. The Kier molecular flexibility index (Phi) is 2.11. The van der Waals surface area contributed by atoms with Gasteiger partial charge in [-0.25, -0.2) is 0 Å². The molecule has 1 unspecified atom stereocenters. The van der Waals surface area contributed by atoms with Crippen molar-refractivity contribution in [1.82, 2.24) is 0 Å². The summed E-state index contributed by atoms with van der Waals surface area (Å²) in [4.78, 5) is 1.32. The van der Waals surface area contributed by atoms with Crippen LogP contribution in [0.5, 0.6) is 0 Å². The molecule has 1 aliphatic rings. The van der Waals surface area contributed by atoms with Crippen LogP contribution in [0.4, 0.5) is 0 Å². The minimum atomic E-state index is 0.292. The van der Waals surface area contributed by atoms with E-state index in [2.05, 4.69) is 35.4 Å². The molecule has 0 spiro atoms. The smallest absolute Gasteiger partial charge is 0.0732 e. The van der Waals surface area contributed by atoms with Crippen molar-refractivity contribution in [2.24, 2.45) is 0 Å². The second-order valence-electron chi connectivity index (χ2n) is 2.53. The monoisotopic (exact) mass is 172 g/mol. The lowest BCUT2D eigenvalue weighted by Gasteiger charge is -1.98. The molecule has 0 nitrogen and oxygen atoms in total. The van der Waals surface area contributed by atoms with Crippen molar-refractivity contribution in [1.29, 1.82) is 0 Å². The summed E-state index contributed by atoms with van der Waals surface area (Å²) in [6.07, 6.45) is 8.02. The van der Waals surface area contributed by atoms with Gasteiger partial charge in [0.15, 0.2) is 0 Å². The molecule has 0 saturated carbocycles. The molecule has 0 radical (unpaired) electrons. The van der Waals surface area contributed by atoms with Crippen LogP contribution in [0.1, 0.15) is 10.8 Å². The van der Waals surface area contributed by atoms with Crippen molar-refractivity contribution in [3.8, 4) is 11.8 Å². The zero-order valence-electron chi connectivity index (χ0n) is 6.53. The van der Waals surface area contributed by atoms with Gasteiger partial charge in [-0.2, -0.15) is 0 Å². The van der Waals surface area contributed by atoms with Gasteiger partial charge in [-0.3, -0.25) is 0 Å². The summed E-state index contributed by atoms with van der Waals surface area (Å²) in [5, 5.41) is 2.09. The molecule has 0 amide bonds. The lowest BCUT2D eigenvalue weighted by atomic mass is 10.1. The van der Waals surface area contributed by atoms with E-state index in [-0.39, 0.29) is 0 Å². The molecule has 0 saturated heterocycles. The van der Waals surface area contributed by atoms with E-state index in [4.69, 9.17) is 0 Å². The van der Waals surface area contributed by atoms with Crippen molar-refractivity contribution in [2.45, 2.75) is 5.92 Å².